The van der Waals surface area contributed by atoms with Crippen molar-refractivity contribution in [3.63, 3.8) is 0 Å². The summed E-state index contributed by atoms with van der Waals surface area (Å²) in [6, 6.07) is 42.9. The summed E-state index contributed by atoms with van der Waals surface area (Å²) in [5, 5.41) is 0. The molecule has 0 saturated heterocycles. The van der Waals surface area contributed by atoms with Gasteiger partial charge in [0, 0.05) is 34.1 Å². The van der Waals surface area contributed by atoms with E-state index >= 15 is 0 Å². The predicted molar refractivity (Wildman–Crippen MR) is 218 cm³/mol. The van der Waals surface area contributed by atoms with Gasteiger partial charge in [-0.25, -0.2) is 0 Å². The Balaban J connectivity index is 0.000000940. The van der Waals surface area contributed by atoms with Gasteiger partial charge in [-0.1, -0.05) is 68.8 Å². The number of halogens is 6. The molecule has 0 saturated carbocycles. The summed E-state index contributed by atoms with van der Waals surface area (Å²) in [6.07, 6.45) is 4.40. The molecule has 0 aliphatic rings. The Morgan fingerprint density at radius 2 is 0.877 bits per heavy atom. The van der Waals surface area contributed by atoms with Crippen molar-refractivity contribution in [3.8, 4) is 11.5 Å². The summed E-state index contributed by atoms with van der Waals surface area (Å²) < 4.78 is 82.4. The van der Waals surface area contributed by atoms with Crippen LogP contribution in [-0.2, 0) is 20.4 Å². The van der Waals surface area contributed by atoms with Gasteiger partial charge in [-0.15, -0.1) is 0 Å². The molecule has 0 heterocycles. The third-order valence-corrected chi connectivity index (χ3v) is 11.1. The van der Waals surface area contributed by atoms with Crippen molar-refractivity contribution in [2.45, 2.75) is 64.0 Å². The second-order valence-corrected chi connectivity index (χ2v) is 17.7. The van der Waals surface area contributed by atoms with E-state index in [0.29, 0.717) is 37.6 Å². The van der Waals surface area contributed by atoms with Gasteiger partial charge >= 0.3 is 33.0 Å². The van der Waals surface area contributed by atoms with Gasteiger partial charge in [-0.2, -0.15) is 0 Å². The van der Waals surface area contributed by atoms with Crippen LogP contribution in [0.3, 0.4) is 0 Å². The van der Waals surface area contributed by atoms with Crippen LogP contribution >= 0.6 is 19.6 Å². The molecule has 0 unspecified atom stereocenters. The molecule has 0 bridgehead atoms. The third-order valence-electron chi connectivity index (χ3n) is 7.84. The summed E-state index contributed by atoms with van der Waals surface area (Å²) in [6.45, 7) is 8.12. The zero-order chi connectivity index (χ0) is 41.2. The van der Waals surface area contributed by atoms with Crippen LogP contribution in [0.4, 0.5) is 25.2 Å². The molecule has 14 heteroatoms. The molecular weight excluding hydrogens is 806 g/mol. The van der Waals surface area contributed by atoms with E-state index in [1.807, 2.05) is 78.9 Å². The molecule has 0 aliphatic carbocycles. The van der Waals surface area contributed by atoms with Gasteiger partial charge in [0.2, 0.25) is 0 Å². The van der Waals surface area contributed by atoms with E-state index < -0.39 is 7.81 Å². The zero-order valence-corrected chi connectivity index (χ0v) is 34.3. The molecule has 0 fully saturated rings. The Morgan fingerprint density at radius 1 is 0.509 bits per heavy atom. The number of unbranched alkanes of at least 4 members (excludes halogenated alkanes) is 2. The van der Waals surface area contributed by atoms with Crippen molar-refractivity contribution in [1.82, 2.24) is 0 Å². The Bertz CT molecular complexity index is 1860. The SMILES string of the molecule is CCCCOCCOc1ccc([S+](c2ccc(OCCOCCCC)cc2)c2ccc(Sc3ccc(C(=O)c4ccccc4)cc3)cc2)cc1.F[P-](F)(F)(F)(F)F. The first kappa shape index (κ1) is 45.7. The normalized spacial score (nSPS) is 12.6. The zero-order valence-electron chi connectivity index (χ0n) is 31.8. The third kappa shape index (κ3) is 18.4. The molecule has 5 aromatic carbocycles. The van der Waals surface area contributed by atoms with Gasteiger partial charge in [0.25, 0.3) is 0 Å². The van der Waals surface area contributed by atoms with Crippen molar-refractivity contribution in [2.75, 3.05) is 39.6 Å². The fraction of sp³-hybridized carbons (Fsp3) is 0.279. The fourth-order valence-electron chi connectivity index (χ4n) is 5.10. The van der Waals surface area contributed by atoms with Crippen LogP contribution in [0.2, 0.25) is 0 Å². The molecular formula is C43H47F6O5PS2. The fourth-order valence-corrected chi connectivity index (χ4v) is 7.95. The Labute approximate surface area is 337 Å². The van der Waals surface area contributed by atoms with Crippen molar-refractivity contribution in [2.24, 2.45) is 0 Å². The van der Waals surface area contributed by atoms with Crippen LogP contribution in [-0.4, -0.2) is 45.4 Å². The molecule has 0 aromatic heterocycles. The molecule has 0 amide bonds. The number of rotatable bonds is 21. The van der Waals surface area contributed by atoms with Gasteiger partial charge in [0.15, 0.2) is 20.5 Å². The molecule has 5 nitrogen and oxygen atoms in total. The standard InChI is InChI=1S/C43H47O5S2.F6P/c1-3-5-28-45-30-32-47-36-14-22-40(23-15-36)50(41-24-16-37(17-25-41)48-33-31-46-29-6-4-2)42-26-20-39(21-27-42)49-38-18-12-35(13-19-38)43(44)34-10-8-7-9-11-34;1-7(2,3,4,5)6/h7-27H,3-6,28-33H2,1-2H3;/q+1;-1. The van der Waals surface area contributed by atoms with Crippen LogP contribution < -0.4 is 9.47 Å². The predicted octanol–water partition coefficient (Wildman–Crippen LogP) is 13.9. The van der Waals surface area contributed by atoms with E-state index in [2.05, 4.69) is 62.4 Å². The molecule has 0 aliphatic heterocycles. The van der Waals surface area contributed by atoms with E-state index in [-0.39, 0.29) is 16.7 Å². The summed E-state index contributed by atoms with van der Waals surface area (Å²) in [4.78, 5) is 18.7. The van der Waals surface area contributed by atoms with Crippen LogP contribution in [0.15, 0.2) is 152 Å². The summed E-state index contributed by atoms with van der Waals surface area (Å²) >= 11 is 1.69. The Kier molecular flexibility index (Phi) is 16.9. The number of carbonyl (C=O) groups excluding carboxylic acids is 1. The van der Waals surface area contributed by atoms with E-state index in [4.69, 9.17) is 18.9 Å². The van der Waals surface area contributed by atoms with Crippen LogP contribution in [0, 0.1) is 0 Å². The van der Waals surface area contributed by atoms with Gasteiger partial charge < -0.3 is 18.9 Å². The second-order valence-electron chi connectivity index (χ2n) is 12.6. The van der Waals surface area contributed by atoms with Crippen molar-refractivity contribution in [3.05, 3.63) is 139 Å². The summed E-state index contributed by atoms with van der Waals surface area (Å²) in [5.74, 6) is 1.71. The van der Waals surface area contributed by atoms with Crippen molar-refractivity contribution >= 4 is 36.2 Å². The first-order valence-electron chi connectivity index (χ1n) is 18.5. The average Bonchev–Trinajstić information content (AvgIpc) is 3.18. The minimum absolute atomic E-state index is 0.0329. The first-order chi connectivity index (χ1) is 27.1. The number of carbonyl (C=O) groups is 1. The van der Waals surface area contributed by atoms with Crippen LogP contribution in [0.1, 0.15) is 55.5 Å². The number of ether oxygens (including phenoxy) is 4. The van der Waals surface area contributed by atoms with E-state index in [0.717, 1.165) is 60.2 Å². The average molecular weight is 853 g/mol. The van der Waals surface area contributed by atoms with Crippen molar-refractivity contribution in [1.29, 1.82) is 0 Å². The maximum atomic E-state index is 12.8. The second kappa shape index (κ2) is 21.1. The molecule has 0 atom stereocenters. The van der Waals surface area contributed by atoms with Gasteiger partial charge in [0.1, 0.15) is 24.7 Å². The Morgan fingerprint density at radius 3 is 1.28 bits per heavy atom. The molecule has 57 heavy (non-hydrogen) atoms. The molecule has 5 aromatic rings. The molecule has 0 radical (unpaired) electrons. The molecule has 0 spiro atoms. The van der Waals surface area contributed by atoms with Gasteiger partial charge in [-0.05, 0) is 110 Å². The number of hydrogen-bond acceptors (Lipinski definition) is 6. The monoisotopic (exact) mass is 852 g/mol. The quantitative estimate of drug-likeness (QED) is 0.0241. The molecule has 0 N–H and O–H groups in total. The number of benzene rings is 5. The van der Waals surface area contributed by atoms with E-state index in [1.165, 1.54) is 14.7 Å². The van der Waals surface area contributed by atoms with Crippen LogP contribution in [0.25, 0.3) is 0 Å². The first-order valence-corrected chi connectivity index (χ1v) is 22.6. The Hall–Kier alpha value is -4.00. The van der Waals surface area contributed by atoms with E-state index in [9.17, 15) is 30.0 Å². The topological polar surface area (TPSA) is 54.0 Å². The number of hydrogen-bond donors (Lipinski definition) is 0. The molecule has 5 rings (SSSR count). The molecule has 308 valence electrons. The van der Waals surface area contributed by atoms with Gasteiger partial charge in [-0.3, -0.25) is 4.79 Å². The van der Waals surface area contributed by atoms with Crippen LogP contribution in [0.5, 0.6) is 11.5 Å². The van der Waals surface area contributed by atoms with Gasteiger partial charge in [0.05, 0.1) is 24.1 Å². The summed E-state index contributed by atoms with van der Waals surface area (Å²) in [7, 11) is -11.0. The summed E-state index contributed by atoms with van der Waals surface area (Å²) in [5.41, 5.74) is 1.39. The number of ketones is 1. The van der Waals surface area contributed by atoms with Crippen molar-refractivity contribution < 1.29 is 48.9 Å². The minimum atomic E-state index is -10.7. The maximum absolute atomic E-state index is 12.8. The van der Waals surface area contributed by atoms with E-state index in [1.54, 1.807) is 11.8 Å².